The molecule has 7 heteroatoms. The summed E-state index contributed by atoms with van der Waals surface area (Å²) in [5.41, 5.74) is 3.82. The second-order valence-electron chi connectivity index (χ2n) is 9.45. The zero-order valence-electron chi connectivity index (χ0n) is 21.4. The normalized spacial score (nSPS) is 11.1. The number of ketones is 1. The zero-order valence-corrected chi connectivity index (χ0v) is 21.4. The molecule has 6 rings (SSSR count). The number of rotatable bonds is 8. The molecule has 3 heterocycles. The predicted molar refractivity (Wildman–Crippen MR) is 152 cm³/mol. The van der Waals surface area contributed by atoms with Crippen LogP contribution in [0.3, 0.4) is 0 Å². The summed E-state index contributed by atoms with van der Waals surface area (Å²) in [6.07, 6.45) is 4.77. The van der Waals surface area contributed by atoms with E-state index < -0.39 is 23.0 Å². The van der Waals surface area contributed by atoms with Crippen molar-refractivity contribution in [1.29, 1.82) is 0 Å². The monoisotopic (exact) mass is 530 g/mol. The SMILES string of the molecule is O=C(c1c(F)ccc(N(Cc2ccccc2)Cc2ccccc2)c1F)c1c[nH]c2ccc(-c3cccnc3)nc12. The third-order valence-electron chi connectivity index (χ3n) is 6.80. The summed E-state index contributed by atoms with van der Waals surface area (Å²) in [5, 5.41) is 0. The standard InChI is InChI=1S/C33H24F2N4O/c34-26-13-16-29(39(20-22-8-3-1-4-9-22)21-23-10-5-2-6-11-23)31(35)30(26)33(40)25-19-37-28-15-14-27(38-32(25)28)24-12-7-17-36-18-24/h1-19,37H,20-21H2. The van der Waals surface area contributed by atoms with Crippen LogP contribution >= 0.6 is 0 Å². The van der Waals surface area contributed by atoms with E-state index in [0.717, 1.165) is 22.8 Å². The third-order valence-corrected chi connectivity index (χ3v) is 6.80. The van der Waals surface area contributed by atoms with Gasteiger partial charge < -0.3 is 9.88 Å². The Morgan fingerprint density at radius 2 is 1.50 bits per heavy atom. The van der Waals surface area contributed by atoms with E-state index >= 15 is 8.78 Å². The minimum Gasteiger partial charge on any atom is -0.360 e. The number of benzene rings is 3. The molecule has 6 aromatic rings. The van der Waals surface area contributed by atoms with Crippen molar-refractivity contribution in [2.24, 2.45) is 0 Å². The number of carbonyl (C=O) groups excluding carboxylic acids is 1. The second kappa shape index (κ2) is 10.9. The molecule has 0 unspecified atom stereocenters. The lowest BCUT2D eigenvalue weighted by molar-refractivity contribution is 0.103. The van der Waals surface area contributed by atoms with Gasteiger partial charge in [-0.2, -0.15) is 0 Å². The van der Waals surface area contributed by atoms with Crippen LogP contribution in [0.15, 0.2) is 116 Å². The maximum Gasteiger partial charge on any atom is 0.202 e. The highest BCUT2D eigenvalue weighted by atomic mass is 19.1. The number of pyridine rings is 2. The number of aromatic nitrogens is 3. The quantitative estimate of drug-likeness (QED) is 0.209. The second-order valence-corrected chi connectivity index (χ2v) is 9.45. The molecule has 3 aromatic carbocycles. The minimum absolute atomic E-state index is 0.0911. The molecule has 0 aliphatic rings. The molecule has 1 N–H and O–H groups in total. The highest BCUT2D eigenvalue weighted by Gasteiger charge is 2.27. The Bertz CT molecular complexity index is 1750. The number of nitrogens with one attached hydrogen (secondary N) is 1. The minimum atomic E-state index is -0.927. The average molecular weight is 531 g/mol. The van der Waals surface area contributed by atoms with Gasteiger partial charge in [-0.3, -0.25) is 9.78 Å². The van der Waals surface area contributed by atoms with E-state index in [4.69, 9.17) is 0 Å². The van der Waals surface area contributed by atoms with Crippen LogP contribution in [-0.2, 0) is 13.1 Å². The number of fused-ring (bicyclic) bond motifs is 1. The van der Waals surface area contributed by atoms with Gasteiger partial charge in [0.1, 0.15) is 5.82 Å². The molecule has 0 aliphatic heterocycles. The third kappa shape index (κ3) is 4.97. The van der Waals surface area contributed by atoms with Crippen LogP contribution in [0.1, 0.15) is 27.0 Å². The van der Waals surface area contributed by atoms with Crippen LogP contribution < -0.4 is 4.90 Å². The number of nitrogens with zero attached hydrogens (tertiary/aromatic N) is 3. The molecule has 0 radical (unpaired) electrons. The molecular formula is C33H24F2N4O. The van der Waals surface area contributed by atoms with E-state index in [9.17, 15) is 4.79 Å². The summed E-state index contributed by atoms with van der Waals surface area (Å²) in [6, 6.07) is 29.0. The summed E-state index contributed by atoms with van der Waals surface area (Å²) in [7, 11) is 0. The van der Waals surface area contributed by atoms with Crippen LogP contribution in [-0.4, -0.2) is 20.7 Å². The van der Waals surface area contributed by atoms with Crippen LogP contribution in [0.2, 0.25) is 0 Å². The topological polar surface area (TPSA) is 61.9 Å². The largest absolute Gasteiger partial charge is 0.360 e. The van der Waals surface area contributed by atoms with Crippen molar-refractivity contribution in [2.75, 3.05) is 4.90 Å². The van der Waals surface area contributed by atoms with Gasteiger partial charge in [0.15, 0.2) is 5.82 Å². The fourth-order valence-corrected chi connectivity index (χ4v) is 4.81. The van der Waals surface area contributed by atoms with E-state index in [2.05, 4.69) is 15.0 Å². The maximum atomic E-state index is 16.2. The molecule has 0 bridgehead atoms. The Balaban J connectivity index is 1.42. The first-order valence-corrected chi connectivity index (χ1v) is 12.8. The maximum absolute atomic E-state index is 16.2. The fourth-order valence-electron chi connectivity index (χ4n) is 4.81. The summed E-state index contributed by atoms with van der Waals surface area (Å²) >= 11 is 0. The van der Waals surface area contributed by atoms with Gasteiger partial charge in [0.2, 0.25) is 5.78 Å². The molecule has 3 aromatic heterocycles. The van der Waals surface area contributed by atoms with E-state index in [-0.39, 0.29) is 11.3 Å². The molecule has 40 heavy (non-hydrogen) atoms. The number of hydrogen-bond donors (Lipinski definition) is 1. The van der Waals surface area contributed by atoms with Crippen LogP contribution in [0.25, 0.3) is 22.3 Å². The Hall–Kier alpha value is -5.17. The van der Waals surface area contributed by atoms with Crippen LogP contribution in [0.5, 0.6) is 0 Å². The molecule has 0 atom stereocenters. The van der Waals surface area contributed by atoms with Crippen molar-refractivity contribution in [3.63, 3.8) is 0 Å². The number of aromatic amines is 1. The highest BCUT2D eigenvalue weighted by molar-refractivity contribution is 6.16. The molecule has 0 fully saturated rings. The van der Waals surface area contributed by atoms with Gasteiger partial charge in [0.05, 0.1) is 33.5 Å². The molecule has 0 saturated heterocycles. The van der Waals surface area contributed by atoms with Gasteiger partial charge in [0, 0.05) is 37.2 Å². The molecule has 0 spiro atoms. The molecular weight excluding hydrogens is 506 g/mol. The predicted octanol–water partition coefficient (Wildman–Crippen LogP) is 7.34. The molecule has 196 valence electrons. The summed E-state index contributed by atoms with van der Waals surface area (Å²) < 4.78 is 31.5. The summed E-state index contributed by atoms with van der Waals surface area (Å²) in [4.78, 5) is 27.3. The van der Waals surface area contributed by atoms with Crippen molar-refractivity contribution in [3.05, 3.63) is 150 Å². The van der Waals surface area contributed by atoms with Gasteiger partial charge in [-0.05, 0) is 47.5 Å². The van der Waals surface area contributed by atoms with E-state index in [1.165, 1.54) is 12.3 Å². The van der Waals surface area contributed by atoms with E-state index in [1.54, 1.807) is 30.6 Å². The Kier molecular flexibility index (Phi) is 6.85. The van der Waals surface area contributed by atoms with Crippen molar-refractivity contribution >= 4 is 22.5 Å². The molecule has 0 aliphatic carbocycles. The number of hydrogen-bond acceptors (Lipinski definition) is 4. The highest BCUT2D eigenvalue weighted by Crippen LogP contribution is 2.31. The Morgan fingerprint density at radius 3 is 2.15 bits per heavy atom. The zero-order chi connectivity index (χ0) is 27.5. The van der Waals surface area contributed by atoms with Gasteiger partial charge >= 0.3 is 0 Å². The Labute approximate surface area is 229 Å². The van der Waals surface area contributed by atoms with Crippen molar-refractivity contribution in [1.82, 2.24) is 15.0 Å². The molecule has 5 nitrogen and oxygen atoms in total. The number of halogens is 2. The van der Waals surface area contributed by atoms with Crippen LogP contribution in [0, 0.1) is 11.6 Å². The lowest BCUT2D eigenvalue weighted by Gasteiger charge is -2.26. The lowest BCUT2D eigenvalue weighted by Crippen LogP contribution is -2.24. The van der Waals surface area contributed by atoms with Gasteiger partial charge in [0.25, 0.3) is 0 Å². The fraction of sp³-hybridized carbons (Fsp3) is 0.0606. The van der Waals surface area contributed by atoms with Crippen molar-refractivity contribution in [3.8, 4) is 11.3 Å². The molecule has 0 saturated carbocycles. The average Bonchev–Trinajstić information content (AvgIpc) is 3.42. The van der Waals surface area contributed by atoms with Gasteiger partial charge in [-0.1, -0.05) is 60.7 Å². The van der Waals surface area contributed by atoms with Gasteiger partial charge in [-0.25, -0.2) is 13.8 Å². The smallest absolute Gasteiger partial charge is 0.202 e. The summed E-state index contributed by atoms with van der Waals surface area (Å²) in [6.45, 7) is 0.740. The van der Waals surface area contributed by atoms with E-state index in [0.29, 0.717) is 29.8 Å². The van der Waals surface area contributed by atoms with Gasteiger partial charge in [-0.15, -0.1) is 0 Å². The summed E-state index contributed by atoms with van der Waals surface area (Å²) in [5.74, 6) is -2.61. The molecule has 0 amide bonds. The first-order chi connectivity index (χ1) is 19.6. The van der Waals surface area contributed by atoms with Crippen molar-refractivity contribution in [2.45, 2.75) is 13.1 Å². The Morgan fingerprint density at radius 1 is 0.800 bits per heavy atom. The number of carbonyl (C=O) groups is 1. The van der Waals surface area contributed by atoms with Crippen molar-refractivity contribution < 1.29 is 13.6 Å². The lowest BCUT2D eigenvalue weighted by atomic mass is 10.0. The first-order valence-electron chi connectivity index (χ1n) is 12.8. The first kappa shape index (κ1) is 25.1. The van der Waals surface area contributed by atoms with E-state index in [1.807, 2.05) is 71.6 Å². The number of H-pyrrole nitrogens is 1. The van der Waals surface area contributed by atoms with Crippen LogP contribution in [0.4, 0.5) is 14.5 Å². The number of anilines is 1.